The molecular formula is C24H20N4OS. The van der Waals surface area contributed by atoms with Crippen LogP contribution in [0, 0.1) is 32.1 Å². The van der Waals surface area contributed by atoms with Gasteiger partial charge in [0, 0.05) is 17.1 Å². The first-order valence-corrected chi connectivity index (χ1v) is 10.3. The van der Waals surface area contributed by atoms with Gasteiger partial charge < -0.3 is 9.88 Å². The van der Waals surface area contributed by atoms with Crippen LogP contribution in [0.1, 0.15) is 28.1 Å². The summed E-state index contributed by atoms with van der Waals surface area (Å²) in [4.78, 5) is 17.6. The van der Waals surface area contributed by atoms with E-state index in [-0.39, 0.29) is 5.91 Å². The molecule has 1 aromatic heterocycles. The average Bonchev–Trinajstić information content (AvgIpc) is 3.22. The van der Waals surface area contributed by atoms with Gasteiger partial charge >= 0.3 is 0 Å². The van der Waals surface area contributed by atoms with E-state index in [0.717, 1.165) is 28.3 Å². The Morgan fingerprint density at radius 2 is 1.77 bits per heavy atom. The predicted molar refractivity (Wildman–Crippen MR) is 122 cm³/mol. The van der Waals surface area contributed by atoms with Crippen molar-refractivity contribution >= 4 is 34.6 Å². The van der Waals surface area contributed by atoms with Gasteiger partial charge in [0.15, 0.2) is 5.17 Å². The number of nitrogens with one attached hydrogen (secondary N) is 1. The number of hydrogen-bond acceptors (Lipinski definition) is 4. The van der Waals surface area contributed by atoms with Crippen LogP contribution in [0.25, 0.3) is 11.8 Å². The highest BCUT2D eigenvalue weighted by Gasteiger charge is 2.24. The van der Waals surface area contributed by atoms with Gasteiger partial charge in [0.25, 0.3) is 5.91 Å². The summed E-state index contributed by atoms with van der Waals surface area (Å²) in [5.74, 6) is -0.144. The lowest BCUT2D eigenvalue weighted by Gasteiger charge is -2.09. The Morgan fingerprint density at radius 1 is 1.07 bits per heavy atom. The molecule has 5 nitrogen and oxygen atoms in total. The molecule has 1 aliphatic rings. The first-order valence-electron chi connectivity index (χ1n) is 9.50. The Morgan fingerprint density at radius 3 is 2.43 bits per heavy atom. The van der Waals surface area contributed by atoms with Gasteiger partial charge in [0.1, 0.15) is 0 Å². The fourth-order valence-electron chi connectivity index (χ4n) is 3.37. The van der Waals surface area contributed by atoms with E-state index in [4.69, 9.17) is 5.26 Å². The summed E-state index contributed by atoms with van der Waals surface area (Å²) >= 11 is 1.34. The van der Waals surface area contributed by atoms with Gasteiger partial charge in [-0.05, 0) is 86.6 Å². The molecule has 1 saturated heterocycles. The third-order valence-electron chi connectivity index (χ3n) is 4.93. The van der Waals surface area contributed by atoms with E-state index < -0.39 is 0 Å². The van der Waals surface area contributed by atoms with E-state index in [2.05, 4.69) is 27.0 Å². The molecule has 148 valence electrons. The number of nitriles is 1. The van der Waals surface area contributed by atoms with Gasteiger partial charge in [-0.15, -0.1) is 0 Å². The summed E-state index contributed by atoms with van der Waals surface area (Å²) < 4.78 is 2.12. The number of thioether (sulfide) groups is 1. The minimum Gasteiger partial charge on any atom is -0.318 e. The molecule has 0 atom stereocenters. The monoisotopic (exact) mass is 412 g/mol. The van der Waals surface area contributed by atoms with E-state index >= 15 is 0 Å². The maximum Gasteiger partial charge on any atom is 0.264 e. The zero-order valence-electron chi connectivity index (χ0n) is 16.9. The van der Waals surface area contributed by atoms with Crippen molar-refractivity contribution in [1.29, 1.82) is 5.26 Å². The lowest BCUT2D eigenvalue weighted by Crippen LogP contribution is -2.19. The molecule has 30 heavy (non-hydrogen) atoms. The summed E-state index contributed by atoms with van der Waals surface area (Å²) in [7, 11) is 0. The molecule has 1 aliphatic heterocycles. The van der Waals surface area contributed by atoms with Gasteiger partial charge in [-0.3, -0.25) is 4.79 Å². The summed E-state index contributed by atoms with van der Waals surface area (Å²) in [6.45, 7) is 6.08. The highest BCUT2D eigenvalue weighted by atomic mass is 32.2. The Kier molecular flexibility index (Phi) is 5.30. The molecule has 0 aliphatic carbocycles. The topological polar surface area (TPSA) is 70.2 Å². The zero-order valence-corrected chi connectivity index (χ0v) is 17.7. The van der Waals surface area contributed by atoms with Gasteiger partial charge in [0.2, 0.25) is 0 Å². The number of amides is 1. The van der Waals surface area contributed by atoms with Crippen LogP contribution in [0.15, 0.2) is 64.5 Å². The van der Waals surface area contributed by atoms with E-state index in [0.29, 0.717) is 15.6 Å². The molecule has 0 bridgehead atoms. The molecule has 1 N–H and O–H groups in total. The zero-order chi connectivity index (χ0) is 21.3. The van der Waals surface area contributed by atoms with Gasteiger partial charge in [-0.2, -0.15) is 5.26 Å². The largest absolute Gasteiger partial charge is 0.318 e. The van der Waals surface area contributed by atoms with Crippen LogP contribution in [0.3, 0.4) is 0 Å². The minimum absolute atomic E-state index is 0.144. The molecule has 0 saturated carbocycles. The average molecular weight is 413 g/mol. The van der Waals surface area contributed by atoms with Crippen molar-refractivity contribution in [2.75, 3.05) is 0 Å². The number of aryl methyl sites for hydroxylation is 2. The summed E-state index contributed by atoms with van der Waals surface area (Å²) in [5.41, 5.74) is 6.65. The number of amidine groups is 1. The molecule has 0 unspecified atom stereocenters. The van der Waals surface area contributed by atoms with Crippen LogP contribution < -0.4 is 5.32 Å². The SMILES string of the molecule is Cc1ccc(N=C2NC(=O)/C(=C\c3cc(C)n(-c4ccc(C#N)cc4)c3C)S2)cc1. The first kappa shape index (κ1) is 19.7. The van der Waals surface area contributed by atoms with Crippen LogP contribution >= 0.6 is 11.8 Å². The van der Waals surface area contributed by atoms with Crippen molar-refractivity contribution in [2.45, 2.75) is 20.8 Å². The molecular weight excluding hydrogens is 392 g/mol. The summed E-state index contributed by atoms with van der Waals surface area (Å²) in [6.07, 6.45) is 1.90. The standard InChI is InChI=1S/C24H20N4OS/c1-15-4-8-20(9-5-15)26-24-27-23(29)22(30-24)13-19-12-16(2)28(17(19)3)21-10-6-18(14-25)7-11-21/h4-13H,1-3H3,(H,26,27,29)/b22-13+. The van der Waals surface area contributed by atoms with Crippen LogP contribution in [0.2, 0.25) is 0 Å². The second-order valence-corrected chi connectivity index (χ2v) is 8.17. The molecule has 0 spiro atoms. The predicted octanol–water partition coefficient (Wildman–Crippen LogP) is 5.17. The summed E-state index contributed by atoms with van der Waals surface area (Å²) in [5, 5.41) is 12.4. The van der Waals surface area contributed by atoms with Crippen LogP contribution in [-0.2, 0) is 4.79 Å². The number of rotatable bonds is 3. The van der Waals surface area contributed by atoms with Gasteiger partial charge in [-0.25, -0.2) is 4.99 Å². The highest BCUT2D eigenvalue weighted by molar-refractivity contribution is 8.18. The van der Waals surface area contributed by atoms with Gasteiger partial charge in [0.05, 0.1) is 22.2 Å². The lowest BCUT2D eigenvalue weighted by atomic mass is 10.2. The molecule has 4 rings (SSSR count). The van der Waals surface area contributed by atoms with Crippen LogP contribution in [0.4, 0.5) is 5.69 Å². The van der Waals surface area contributed by atoms with E-state index in [1.807, 2.05) is 63.2 Å². The number of aliphatic imine (C=N–C) groups is 1. The van der Waals surface area contributed by atoms with Crippen molar-refractivity contribution in [3.8, 4) is 11.8 Å². The highest BCUT2D eigenvalue weighted by Crippen LogP contribution is 2.30. The quantitative estimate of drug-likeness (QED) is 0.604. The number of aromatic nitrogens is 1. The Bertz CT molecular complexity index is 1230. The molecule has 0 radical (unpaired) electrons. The van der Waals surface area contributed by atoms with Crippen molar-refractivity contribution in [3.63, 3.8) is 0 Å². The van der Waals surface area contributed by atoms with E-state index in [9.17, 15) is 4.79 Å². The fraction of sp³-hybridized carbons (Fsp3) is 0.125. The summed E-state index contributed by atoms with van der Waals surface area (Å²) in [6, 6.07) is 19.5. The van der Waals surface area contributed by atoms with Crippen molar-refractivity contribution < 1.29 is 4.79 Å². The molecule has 1 amide bonds. The normalized spacial score (nSPS) is 16.1. The smallest absolute Gasteiger partial charge is 0.264 e. The van der Waals surface area contributed by atoms with E-state index in [1.165, 1.54) is 17.3 Å². The maximum atomic E-state index is 12.5. The number of hydrogen-bond donors (Lipinski definition) is 1. The number of nitrogens with zero attached hydrogens (tertiary/aromatic N) is 3. The number of carbonyl (C=O) groups is 1. The lowest BCUT2D eigenvalue weighted by molar-refractivity contribution is -0.115. The molecule has 6 heteroatoms. The van der Waals surface area contributed by atoms with E-state index in [1.54, 1.807) is 12.1 Å². The second-order valence-electron chi connectivity index (χ2n) is 7.14. The van der Waals surface area contributed by atoms with Gasteiger partial charge in [-0.1, -0.05) is 17.7 Å². The molecule has 1 fully saturated rings. The number of benzene rings is 2. The van der Waals surface area contributed by atoms with Crippen LogP contribution in [0.5, 0.6) is 0 Å². The molecule has 3 aromatic rings. The maximum absolute atomic E-state index is 12.5. The first-order chi connectivity index (χ1) is 14.4. The van der Waals surface area contributed by atoms with Crippen molar-refractivity contribution in [3.05, 3.63) is 87.6 Å². The second kappa shape index (κ2) is 8.05. The number of carbonyl (C=O) groups excluding carboxylic acids is 1. The third kappa shape index (κ3) is 3.93. The third-order valence-corrected chi connectivity index (χ3v) is 5.84. The Hall–Kier alpha value is -3.56. The molecule has 2 aromatic carbocycles. The molecule has 2 heterocycles. The minimum atomic E-state index is -0.144. The van der Waals surface area contributed by atoms with Crippen molar-refractivity contribution in [2.24, 2.45) is 4.99 Å². The van der Waals surface area contributed by atoms with Crippen molar-refractivity contribution in [1.82, 2.24) is 9.88 Å². The Balaban J connectivity index is 1.62. The van der Waals surface area contributed by atoms with Crippen LogP contribution in [-0.4, -0.2) is 15.6 Å². The fourth-order valence-corrected chi connectivity index (χ4v) is 4.21. The Labute approximate surface area is 179 Å².